The molecule has 1 aromatic rings. The second kappa shape index (κ2) is 7.06. The quantitative estimate of drug-likeness (QED) is 0.310. The molecule has 0 radical (unpaired) electrons. The number of nitrogens with one attached hydrogen (secondary N) is 2. The molecule has 4 atom stereocenters. The molecule has 7 heteroatoms. The molecule has 1 saturated carbocycles. The molecule has 1 heterocycles. The number of carbonyl (C=O) groups excluding carboxylic acids is 2. The summed E-state index contributed by atoms with van der Waals surface area (Å²) >= 11 is 0. The number of phenolic OH excluding ortho intramolecular Hbond substituents is 1. The number of carbonyl (C=O) groups is 2. The first-order chi connectivity index (χ1) is 13.1. The second-order valence-corrected chi connectivity index (χ2v) is 7.35. The van der Waals surface area contributed by atoms with E-state index in [0.717, 1.165) is 12.0 Å². The van der Waals surface area contributed by atoms with E-state index in [0.29, 0.717) is 25.6 Å². The predicted octanol–water partition coefficient (Wildman–Crippen LogP) is 0.864. The molecule has 2 bridgehead atoms. The van der Waals surface area contributed by atoms with Crippen LogP contribution in [0.4, 0.5) is 0 Å². The van der Waals surface area contributed by atoms with E-state index in [1.807, 2.05) is 12.1 Å². The third-order valence-electron chi connectivity index (χ3n) is 5.81. The normalized spacial score (nSPS) is 28.8. The number of aromatic hydroxyl groups is 1. The fourth-order valence-electron chi connectivity index (χ4n) is 4.49. The average Bonchev–Trinajstić information content (AvgIpc) is 3.35. The number of phenols is 1. The molecule has 3 N–H and O–H groups in total. The second-order valence-electron chi connectivity index (χ2n) is 7.35. The fourth-order valence-corrected chi connectivity index (χ4v) is 4.49. The zero-order valence-electron chi connectivity index (χ0n) is 15.3. The van der Waals surface area contributed by atoms with Gasteiger partial charge in [0.15, 0.2) is 5.96 Å². The highest BCUT2D eigenvalue weighted by Gasteiger charge is 2.58. The number of allylic oxidation sites excluding steroid dienone is 2. The van der Waals surface area contributed by atoms with Crippen molar-refractivity contribution in [1.29, 1.82) is 0 Å². The third kappa shape index (κ3) is 3.18. The van der Waals surface area contributed by atoms with Gasteiger partial charge in [0.1, 0.15) is 5.75 Å². The van der Waals surface area contributed by atoms with E-state index >= 15 is 0 Å². The van der Waals surface area contributed by atoms with Crippen LogP contribution in [0.15, 0.2) is 41.4 Å². The summed E-state index contributed by atoms with van der Waals surface area (Å²) < 4.78 is 0. The minimum atomic E-state index is -0.139. The highest BCUT2D eigenvalue weighted by atomic mass is 16.3. The average molecular weight is 368 g/mol. The molecule has 0 aromatic heterocycles. The Bertz CT molecular complexity index is 772. The first kappa shape index (κ1) is 17.6. The maximum atomic E-state index is 12.6. The Balaban J connectivity index is 1.27. The minimum absolute atomic E-state index is 0.0179. The zero-order chi connectivity index (χ0) is 19.0. The van der Waals surface area contributed by atoms with E-state index in [1.54, 1.807) is 19.2 Å². The number of aliphatic imine (C=N–C) groups is 1. The van der Waals surface area contributed by atoms with Crippen LogP contribution in [0.2, 0.25) is 0 Å². The van der Waals surface area contributed by atoms with Crippen LogP contribution in [-0.2, 0) is 16.1 Å². The van der Waals surface area contributed by atoms with Gasteiger partial charge in [-0.1, -0.05) is 24.3 Å². The van der Waals surface area contributed by atoms with Crippen LogP contribution in [0, 0.1) is 23.7 Å². The summed E-state index contributed by atoms with van der Waals surface area (Å²) in [6.45, 7) is 1.36. The smallest absolute Gasteiger partial charge is 0.233 e. The van der Waals surface area contributed by atoms with Crippen LogP contribution in [0.25, 0.3) is 0 Å². The zero-order valence-corrected chi connectivity index (χ0v) is 15.3. The van der Waals surface area contributed by atoms with E-state index in [2.05, 4.69) is 27.8 Å². The van der Waals surface area contributed by atoms with Gasteiger partial charge in [0.2, 0.25) is 11.8 Å². The molecule has 27 heavy (non-hydrogen) atoms. The van der Waals surface area contributed by atoms with Gasteiger partial charge in [-0.15, -0.1) is 0 Å². The van der Waals surface area contributed by atoms with Crippen molar-refractivity contribution in [3.63, 3.8) is 0 Å². The molecule has 2 amide bonds. The van der Waals surface area contributed by atoms with Crippen molar-refractivity contribution in [2.24, 2.45) is 28.7 Å². The summed E-state index contributed by atoms with van der Waals surface area (Å²) in [4.78, 5) is 30.9. The monoisotopic (exact) mass is 368 g/mol. The molecule has 4 rings (SSSR count). The molecule has 0 spiro atoms. The summed E-state index contributed by atoms with van der Waals surface area (Å²) in [6, 6.07) is 6.93. The van der Waals surface area contributed by atoms with Gasteiger partial charge in [0, 0.05) is 26.7 Å². The van der Waals surface area contributed by atoms with E-state index in [4.69, 9.17) is 0 Å². The molecule has 2 aliphatic carbocycles. The van der Waals surface area contributed by atoms with Crippen molar-refractivity contribution in [3.8, 4) is 5.75 Å². The van der Waals surface area contributed by atoms with Gasteiger partial charge in [0.25, 0.3) is 0 Å². The number of hydrogen-bond donors (Lipinski definition) is 3. The standard InChI is InChI=1S/C20H24N4O3/c1-21-20(23-11-12-2-6-15(25)7-3-12)22-8-9-24-18(26)16-13-4-5-14(10-13)17(16)19(24)27/h2-7,13-14,16-17,25H,8-11H2,1H3,(H2,21,22,23). The van der Waals surface area contributed by atoms with Gasteiger partial charge in [-0.25, -0.2) is 0 Å². The predicted molar refractivity (Wildman–Crippen MR) is 101 cm³/mol. The maximum Gasteiger partial charge on any atom is 0.233 e. The fraction of sp³-hybridized carbons (Fsp3) is 0.450. The van der Waals surface area contributed by atoms with Gasteiger partial charge >= 0.3 is 0 Å². The van der Waals surface area contributed by atoms with Gasteiger partial charge in [0.05, 0.1) is 11.8 Å². The number of hydrogen-bond acceptors (Lipinski definition) is 4. The Morgan fingerprint density at radius 1 is 1.11 bits per heavy atom. The lowest BCUT2D eigenvalue weighted by atomic mass is 9.85. The van der Waals surface area contributed by atoms with Crippen molar-refractivity contribution in [3.05, 3.63) is 42.0 Å². The van der Waals surface area contributed by atoms with Crippen molar-refractivity contribution in [2.45, 2.75) is 13.0 Å². The van der Waals surface area contributed by atoms with Crippen LogP contribution in [0.1, 0.15) is 12.0 Å². The third-order valence-corrected chi connectivity index (χ3v) is 5.81. The number of nitrogens with zero attached hydrogens (tertiary/aromatic N) is 2. The number of rotatable bonds is 5. The molecule has 3 aliphatic rings. The van der Waals surface area contributed by atoms with E-state index in [-0.39, 0.29) is 41.2 Å². The van der Waals surface area contributed by atoms with Crippen molar-refractivity contribution in [2.75, 3.05) is 20.1 Å². The Hall–Kier alpha value is -2.83. The number of likely N-dealkylation sites (tertiary alicyclic amines) is 1. The lowest BCUT2D eigenvalue weighted by molar-refractivity contribution is -0.140. The maximum absolute atomic E-state index is 12.6. The number of benzene rings is 1. The van der Waals surface area contributed by atoms with Gasteiger partial charge in [-0.3, -0.25) is 19.5 Å². The summed E-state index contributed by atoms with van der Waals surface area (Å²) in [6.07, 6.45) is 5.16. The van der Waals surface area contributed by atoms with Crippen molar-refractivity contribution >= 4 is 17.8 Å². The molecule has 1 aromatic carbocycles. The highest BCUT2D eigenvalue weighted by molar-refractivity contribution is 6.06. The van der Waals surface area contributed by atoms with Gasteiger partial charge in [-0.05, 0) is 36.0 Å². The number of imide groups is 1. The van der Waals surface area contributed by atoms with Crippen LogP contribution in [0.3, 0.4) is 0 Å². The highest BCUT2D eigenvalue weighted by Crippen LogP contribution is 2.52. The van der Waals surface area contributed by atoms with Crippen molar-refractivity contribution < 1.29 is 14.7 Å². The molecule has 1 aliphatic heterocycles. The SMILES string of the molecule is CN=C(NCCN1C(=O)C2C3C=CC(C3)C2C1=O)NCc1ccc(O)cc1. The summed E-state index contributed by atoms with van der Waals surface area (Å²) in [5, 5.41) is 15.6. The molecular weight excluding hydrogens is 344 g/mol. The molecule has 142 valence electrons. The topological polar surface area (TPSA) is 94.0 Å². The minimum Gasteiger partial charge on any atom is -0.508 e. The van der Waals surface area contributed by atoms with Crippen LogP contribution in [0.5, 0.6) is 5.75 Å². The van der Waals surface area contributed by atoms with Crippen LogP contribution < -0.4 is 10.6 Å². The number of amides is 2. The van der Waals surface area contributed by atoms with Gasteiger partial charge in [-0.2, -0.15) is 0 Å². The Morgan fingerprint density at radius 3 is 2.33 bits per heavy atom. The van der Waals surface area contributed by atoms with Crippen LogP contribution in [-0.4, -0.2) is 47.9 Å². The molecule has 7 nitrogen and oxygen atoms in total. The summed E-state index contributed by atoms with van der Waals surface area (Å²) in [5.74, 6) is 1.01. The van der Waals surface area contributed by atoms with Gasteiger partial charge < -0.3 is 15.7 Å². The first-order valence-electron chi connectivity index (χ1n) is 9.34. The van der Waals surface area contributed by atoms with E-state index in [9.17, 15) is 14.7 Å². The Kier molecular flexibility index (Phi) is 4.59. The molecule has 2 fully saturated rings. The summed E-state index contributed by atoms with van der Waals surface area (Å²) in [7, 11) is 1.67. The number of guanidine groups is 1. The molecule has 4 unspecified atom stereocenters. The van der Waals surface area contributed by atoms with E-state index in [1.165, 1.54) is 4.90 Å². The Morgan fingerprint density at radius 2 is 1.74 bits per heavy atom. The largest absolute Gasteiger partial charge is 0.508 e. The van der Waals surface area contributed by atoms with Crippen molar-refractivity contribution in [1.82, 2.24) is 15.5 Å². The van der Waals surface area contributed by atoms with Crippen LogP contribution >= 0.6 is 0 Å². The summed E-state index contributed by atoms with van der Waals surface area (Å²) in [5.41, 5.74) is 1.01. The number of fused-ring (bicyclic) bond motifs is 5. The Labute approximate surface area is 158 Å². The molecule has 1 saturated heterocycles. The lowest BCUT2D eigenvalue weighted by Crippen LogP contribution is -2.43. The van der Waals surface area contributed by atoms with E-state index < -0.39 is 0 Å². The lowest BCUT2D eigenvalue weighted by Gasteiger charge is -2.18. The first-order valence-corrected chi connectivity index (χ1v) is 9.34. The molecular formula is C20H24N4O3.